The van der Waals surface area contributed by atoms with Crippen molar-refractivity contribution in [3.05, 3.63) is 65.2 Å². The maximum absolute atomic E-state index is 12.7. The van der Waals surface area contributed by atoms with Crippen LogP contribution in [0.4, 0.5) is 5.69 Å². The molecule has 1 aliphatic heterocycles. The Hall–Kier alpha value is -2.38. The van der Waals surface area contributed by atoms with Crippen molar-refractivity contribution in [1.29, 1.82) is 0 Å². The first-order valence-corrected chi connectivity index (χ1v) is 12.6. The number of hydrogen-bond donors (Lipinski definition) is 1. The molecule has 2 aromatic carbocycles. The van der Waals surface area contributed by atoms with Gasteiger partial charge in [-0.15, -0.1) is 0 Å². The third-order valence-electron chi connectivity index (χ3n) is 6.43. The van der Waals surface area contributed by atoms with Gasteiger partial charge in [0.1, 0.15) is 15.9 Å². The quantitative estimate of drug-likeness (QED) is 0.744. The van der Waals surface area contributed by atoms with Gasteiger partial charge in [-0.05, 0) is 48.1 Å². The summed E-state index contributed by atoms with van der Waals surface area (Å²) < 4.78 is 29.0. The number of carbonyl (C=O) groups excluding carboxylic acids is 1. The second kappa shape index (κ2) is 9.01. The molecule has 166 valence electrons. The molecule has 4 rings (SSSR count). The third kappa shape index (κ3) is 4.93. The van der Waals surface area contributed by atoms with E-state index in [0.717, 1.165) is 17.7 Å². The van der Waals surface area contributed by atoms with Crippen molar-refractivity contribution in [2.24, 2.45) is 5.92 Å². The predicted molar refractivity (Wildman–Crippen MR) is 122 cm³/mol. The minimum Gasteiger partial charge on any atom is -0.379 e. The molecule has 31 heavy (non-hydrogen) atoms. The van der Waals surface area contributed by atoms with E-state index in [1.165, 1.54) is 11.1 Å². The van der Waals surface area contributed by atoms with Crippen LogP contribution in [-0.2, 0) is 32.3 Å². The van der Waals surface area contributed by atoms with Gasteiger partial charge in [0.05, 0.1) is 17.5 Å². The lowest BCUT2D eigenvalue weighted by molar-refractivity contribution is -0.135. The first kappa shape index (κ1) is 21.8. The summed E-state index contributed by atoms with van der Waals surface area (Å²) in [5.74, 6) is 0.0733. The molecule has 0 spiro atoms. The molecule has 1 N–H and O–H groups in total. The second-order valence-corrected chi connectivity index (χ2v) is 10.9. The summed E-state index contributed by atoms with van der Waals surface area (Å²) in [5.41, 5.74) is 4.63. The number of nitrogens with zero attached hydrogens (tertiary/aromatic N) is 1. The summed E-state index contributed by atoms with van der Waals surface area (Å²) in [5, 5.41) is 3.59. The number of benzene rings is 2. The van der Waals surface area contributed by atoms with E-state index in [1.807, 2.05) is 30.3 Å². The van der Waals surface area contributed by atoms with E-state index in [0.29, 0.717) is 19.4 Å². The molecule has 2 aliphatic rings. The lowest BCUT2D eigenvalue weighted by atomic mass is 10.0. The van der Waals surface area contributed by atoms with E-state index in [9.17, 15) is 13.2 Å². The van der Waals surface area contributed by atoms with Gasteiger partial charge in [-0.1, -0.05) is 36.4 Å². The van der Waals surface area contributed by atoms with E-state index >= 15 is 0 Å². The summed E-state index contributed by atoms with van der Waals surface area (Å²) in [6, 6.07) is 16.7. The normalized spacial score (nSPS) is 22.6. The van der Waals surface area contributed by atoms with Gasteiger partial charge in [0.2, 0.25) is 5.91 Å². The van der Waals surface area contributed by atoms with Gasteiger partial charge in [-0.2, -0.15) is 0 Å². The maximum Gasteiger partial charge on any atom is 0.225 e. The lowest BCUT2D eigenvalue weighted by Crippen LogP contribution is -2.37. The number of anilines is 1. The van der Waals surface area contributed by atoms with Gasteiger partial charge in [-0.25, -0.2) is 8.42 Å². The molecule has 0 bridgehead atoms. The number of carbonyl (C=O) groups is 1. The van der Waals surface area contributed by atoms with Crippen molar-refractivity contribution in [3.63, 3.8) is 0 Å². The molecular formula is C24H30N2O4S. The maximum atomic E-state index is 12.7. The topological polar surface area (TPSA) is 75.7 Å². The highest BCUT2D eigenvalue weighted by molar-refractivity contribution is 7.91. The van der Waals surface area contributed by atoms with Gasteiger partial charge in [0.15, 0.2) is 0 Å². The smallest absolute Gasteiger partial charge is 0.225 e. The SMILES string of the molecule is CO[C@@H]1c2ccccc2C[C@H]1Nc1ccc(CN(C)C(=O)C2CCS(=O)(=O)CC2)cc1. The van der Waals surface area contributed by atoms with Crippen molar-refractivity contribution in [1.82, 2.24) is 4.90 Å². The fourth-order valence-corrected chi connectivity index (χ4v) is 6.19. The molecule has 2 aromatic rings. The first-order valence-electron chi connectivity index (χ1n) is 10.8. The summed E-state index contributed by atoms with van der Waals surface area (Å²) in [6.45, 7) is 0.512. The number of hydrogen-bond acceptors (Lipinski definition) is 5. The van der Waals surface area contributed by atoms with E-state index in [-0.39, 0.29) is 35.5 Å². The zero-order valence-corrected chi connectivity index (χ0v) is 18.9. The molecule has 1 aliphatic carbocycles. The van der Waals surface area contributed by atoms with Crippen LogP contribution in [0.15, 0.2) is 48.5 Å². The predicted octanol–water partition coefficient (Wildman–Crippen LogP) is 3.19. The van der Waals surface area contributed by atoms with E-state index in [4.69, 9.17) is 4.74 Å². The molecule has 0 aromatic heterocycles. The van der Waals surface area contributed by atoms with Crippen LogP contribution in [-0.4, -0.2) is 50.9 Å². The fourth-order valence-electron chi connectivity index (χ4n) is 4.70. The molecule has 0 unspecified atom stereocenters. The number of fused-ring (bicyclic) bond motifs is 1. The summed E-state index contributed by atoms with van der Waals surface area (Å²) >= 11 is 0. The van der Waals surface area contributed by atoms with Gasteiger partial charge >= 0.3 is 0 Å². The van der Waals surface area contributed by atoms with Crippen molar-refractivity contribution in [2.75, 3.05) is 31.0 Å². The van der Waals surface area contributed by atoms with Gasteiger partial charge < -0.3 is 15.0 Å². The molecule has 0 saturated carbocycles. The van der Waals surface area contributed by atoms with E-state index in [2.05, 4.69) is 23.5 Å². The fraction of sp³-hybridized carbons (Fsp3) is 0.458. The Labute approximate surface area is 184 Å². The summed E-state index contributed by atoms with van der Waals surface area (Å²) in [6.07, 6.45) is 1.81. The zero-order chi connectivity index (χ0) is 22.0. The Morgan fingerprint density at radius 2 is 1.77 bits per heavy atom. The largest absolute Gasteiger partial charge is 0.379 e. The molecule has 6 nitrogen and oxygen atoms in total. The van der Waals surface area contributed by atoms with Crippen molar-refractivity contribution >= 4 is 21.4 Å². The summed E-state index contributed by atoms with van der Waals surface area (Å²) in [7, 11) is 0.579. The second-order valence-electron chi connectivity index (χ2n) is 8.63. The molecule has 0 radical (unpaired) electrons. The average Bonchev–Trinajstić information content (AvgIpc) is 3.11. The molecule has 1 fully saturated rings. The minimum absolute atomic E-state index is 0.0268. The van der Waals surface area contributed by atoms with Crippen molar-refractivity contribution < 1.29 is 17.9 Å². The van der Waals surface area contributed by atoms with Crippen LogP contribution < -0.4 is 5.32 Å². The Morgan fingerprint density at radius 1 is 1.10 bits per heavy atom. The Bertz CT molecular complexity index is 1020. The van der Waals surface area contributed by atoms with Crippen LogP contribution in [0.5, 0.6) is 0 Å². The third-order valence-corrected chi connectivity index (χ3v) is 8.14. The van der Waals surface area contributed by atoms with Crippen molar-refractivity contribution in [3.8, 4) is 0 Å². The lowest BCUT2D eigenvalue weighted by Gasteiger charge is -2.26. The average molecular weight is 443 g/mol. The molecule has 1 saturated heterocycles. The first-order chi connectivity index (χ1) is 14.9. The number of methoxy groups -OCH3 is 1. The van der Waals surface area contributed by atoms with Gasteiger partial charge in [0.25, 0.3) is 0 Å². The van der Waals surface area contributed by atoms with Crippen LogP contribution in [0, 0.1) is 5.92 Å². The molecular weight excluding hydrogens is 412 g/mol. The number of sulfone groups is 1. The Kier molecular flexibility index (Phi) is 6.34. The summed E-state index contributed by atoms with van der Waals surface area (Å²) in [4.78, 5) is 14.4. The monoisotopic (exact) mass is 442 g/mol. The van der Waals surface area contributed by atoms with E-state index in [1.54, 1.807) is 19.1 Å². The van der Waals surface area contributed by atoms with Crippen LogP contribution in [0.25, 0.3) is 0 Å². The Morgan fingerprint density at radius 3 is 2.45 bits per heavy atom. The highest BCUT2D eigenvalue weighted by Crippen LogP contribution is 2.35. The van der Waals surface area contributed by atoms with Gasteiger partial charge in [-0.3, -0.25) is 4.79 Å². The number of nitrogens with one attached hydrogen (secondary N) is 1. The van der Waals surface area contributed by atoms with Crippen LogP contribution in [0.1, 0.15) is 35.6 Å². The molecule has 1 amide bonds. The molecule has 1 heterocycles. The van der Waals surface area contributed by atoms with Crippen LogP contribution in [0.2, 0.25) is 0 Å². The van der Waals surface area contributed by atoms with Crippen LogP contribution in [0.3, 0.4) is 0 Å². The highest BCUT2D eigenvalue weighted by Gasteiger charge is 2.32. The van der Waals surface area contributed by atoms with Crippen LogP contribution >= 0.6 is 0 Å². The molecule has 7 heteroatoms. The Balaban J connectivity index is 1.34. The number of ether oxygens (including phenoxy) is 1. The van der Waals surface area contributed by atoms with E-state index < -0.39 is 9.84 Å². The number of amides is 1. The minimum atomic E-state index is -2.96. The highest BCUT2D eigenvalue weighted by atomic mass is 32.2. The van der Waals surface area contributed by atoms with Crippen molar-refractivity contribution in [2.45, 2.75) is 38.0 Å². The standard InChI is InChI=1S/C24H30N2O4S/c1-26(24(27)18-11-13-31(28,29)14-12-18)16-17-7-9-20(10-8-17)25-22-15-19-5-3-4-6-21(19)23(22)30-2/h3-10,18,22-23,25H,11-16H2,1-2H3/t22-,23-/m1/s1. The zero-order valence-electron chi connectivity index (χ0n) is 18.1. The van der Waals surface area contributed by atoms with Gasteiger partial charge in [0, 0.05) is 32.3 Å². The molecule has 2 atom stereocenters. The number of rotatable bonds is 6.